The Labute approximate surface area is 164 Å². The van der Waals surface area contributed by atoms with Crippen molar-refractivity contribution in [3.63, 3.8) is 0 Å². The maximum Gasteiger partial charge on any atom is 0.270 e. The second-order valence-electron chi connectivity index (χ2n) is 5.48. The van der Waals surface area contributed by atoms with Crippen LogP contribution in [0.25, 0.3) is 0 Å². The molecule has 142 valence electrons. The molecule has 8 nitrogen and oxygen atoms in total. The number of nitrogens with one attached hydrogen (secondary N) is 1. The molecule has 0 spiro atoms. The number of benzene rings is 2. The lowest BCUT2D eigenvalue weighted by Gasteiger charge is -2.18. The minimum absolute atomic E-state index is 0.0171. The van der Waals surface area contributed by atoms with Crippen molar-refractivity contribution in [2.75, 3.05) is 26.0 Å². The summed E-state index contributed by atoms with van der Waals surface area (Å²) in [7, 11) is 2.74. The lowest BCUT2D eigenvalue weighted by atomic mass is 10.1. The van der Waals surface area contributed by atoms with E-state index in [2.05, 4.69) is 5.32 Å². The van der Waals surface area contributed by atoms with E-state index in [1.54, 1.807) is 6.07 Å². The fourth-order valence-electron chi connectivity index (χ4n) is 2.24. The van der Waals surface area contributed by atoms with E-state index in [-0.39, 0.29) is 28.6 Å². The van der Waals surface area contributed by atoms with Crippen molar-refractivity contribution in [2.45, 2.75) is 0 Å². The van der Waals surface area contributed by atoms with E-state index in [1.165, 1.54) is 38.4 Å². The van der Waals surface area contributed by atoms with Crippen LogP contribution in [0.15, 0.2) is 36.4 Å². The first-order valence-electron chi connectivity index (χ1n) is 7.55. The molecule has 0 atom stereocenters. The third-order valence-electron chi connectivity index (χ3n) is 3.56. The van der Waals surface area contributed by atoms with Gasteiger partial charge in [0.2, 0.25) is 5.91 Å². The highest BCUT2D eigenvalue weighted by molar-refractivity contribution is 6.42. The Balaban J connectivity index is 2.12. The number of rotatable bonds is 6. The SMILES string of the molecule is COc1ccc([N+](=O)[O-])cc1C(=O)N(C)CC(=O)Nc1ccc(Cl)c(Cl)c1. The summed E-state index contributed by atoms with van der Waals surface area (Å²) >= 11 is 11.7. The van der Waals surface area contributed by atoms with Crippen molar-refractivity contribution in [1.29, 1.82) is 0 Å². The number of amides is 2. The largest absolute Gasteiger partial charge is 0.496 e. The molecular formula is C17H15Cl2N3O5. The molecule has 0 fully saturated rings. The molecule has 0 saturated heterocycles. The fraction of sp³-hybridized carbons (Fsp3) is 0.176. The van der Waals surface area contributed by atoms with Gasteiger partial charge in [-0.1, -0.05) is 23.2 Å². The quantitative estimate of drug-likeness (QED) is 0.577. The van der Waals surface area contributed by atoms with E-state index in [0.717, 1.165) is 11.0 Å². The summed E-state index contributed by atoms with van der Waals surface area (Å²) in [5, 5.41) is 14.1. The molecule has 0 aliphatic rings. The minimum atomic E-state index is -0.618. The van der Waals surface area contributed by atoms with Crippen LogP contribution < -0.4 is 10.1 Å². The van der Waals surface area contributed by atoms with Gasteiger partial charge < -0.3 is 15.0 Å². The standard InChI is InChI=1S/C17H15Cl2N3O5/c1-21(9-16(23)20-10-3-5-13(18)14(19)7-10)17(24)12-8-11(22(25)26)4-6-15(12)27-2/h3-8H,9H2,1-2H3,(H,20,23). The van der Waals surface area contributed by atoms with E-state index >= 15 is 0 Å². The van der Waals surface area contributed by atoms with E-state index in [0.29, 0.717) is 10.7 Å². The van der Waals surface area contributed by atoms with E-state index < -0.39 is 16.7 Å². The maximum absolute atomic E-state index is 12.6. The lowest BCUT2D eigenvalue weighted by molar-refractivity contribution is -0.384. The number of methoxy groups -OCH3 is 1. The average molecular weight is 412 g/mol. The number of carbonyl (C=O) groups is 2. The lowest BCUT2D eigenvalue weighted by Crippen LogP contribution is -2.35. The number of non-ortho nitro benzene ring substituents is 1. The molecule has 2 aromatic carbocycles. The Morgan fingerprint density at radius 1 is 1.19 bits per heavy atom. The first kappa shape index (κ1) is 20.5. The Morgan fingerprint density at radius 3 is 2.48 bits per heavy atom. The van der Waals surface area contributed by atoms with Crippen LogP contribution in [0.3, 0.4) is 0 Å². The molecule has 2 rings (SSSR count). The number of carbonyl (C=O) groups excluding carboxylic acids is 2. The van der Waals surface area contributed by atoms with Crippen LogP contribution in [-0.4, -0.2) is 42.3 Å². The van der Waals surface area contributed by atoms with Gasteiger partial charge >= 0.3 is 0 Å². The summed E-state index contributed by atoms with van der Waals surface area (Å²) in [4.78, 5) is 36.2. The molecule has 2 aromatic rings. The van der Waals surface area contributed by atoms with Gasteiger partial charge in [-0.3, -0.25) is 19.7 Å². The monoisotopic (exact) mass is 411 g/mol. The zero-order valence-corrected chi connectivity index (χ0v) is 15.9. The Kier molecular flexibility index (Phi) is 6.59. The second-order valence-corrected chi connectivity index (χ2v) is 6.29. The van der Waals surface area contributed by atoms with Gasteiger partial charge in [0.25, 0.3) is 11.6 Å². The maximum atomic E-state index is 12.6. The van der Waals surface area contributed by atoms with Gasteiger partial charge in [-0.2, -0.15) is 0 Å². The van der Waals surface area contributed by atoms with Crippen LogP contribution in [0.2, 0.25) is 10.0 Å². The molecule has 0 aromatic heterocycles. The number of hydrogen-bond donors (Lipinski definition) is 1. The molecule has 0 bridgehead atoms. The zero-order chi connectivity index (χ0) is 20.1. The average Bonchev–Trinajstić information content (AvgIpc) is 2.63. The zero-order valence-electron chi connectivity index (χ0n) is 14.4. The van der Waals surface area contributed by atoms with Crippen molar-refractivity contribution in [3.8, 4) is 5.75 Å². The number of likely N-dealkylation sites (N-methyl/N-ethyl adjacent to an activating group) is 1. The van der Waals surface area contributed by atoms with Crippen molar-refractivity contribution in [2.24, 2.45) is 0 Å². The van der Waals surface area contributed by atoms with Crippen LogP contribution in [0.5, 0.6) is 5.75 Å². The van der Waals surface area contributed by atoms with Gasteiger partial charge in [-0.05, 0) is 24.3 Å². The number of nitrogens with zero attached hydrogens (tertiary/aromatic N) is 2. The number of ether oxygens (including phenoxy) is 1. The third-order valence-corrected chi connectivity index (χ3v) is 4.29. The number of anilines is 1. The Morgan fingerprint density at radius 2 is 1.89 bits per heavy atom. The summed E-state index contributed by atoms with van der Waals surface area (Å²) in [6.45, 7) is -0.287. The van der Waals surface area contributed by atoms with Crippen molar-refractivity contribution >= 4 is 46.4 Å². The van der Waals surface area contributed by atoms with Gasteiger partial charge in [0, 0.05) is 24.9 Å². The number of nitro benzene ring substituents is 1. The molecule has 0 radical (unpaired) electrons. The highest BCUT2D eigenvalue weighted by Crippen LogP contribution is 2.26. The highest BCUT2D eigenvalue weighted by atomic mass is 35.5. The predicted molar refractivity (Wildman–Crippen MR) is 102 cm³/mol. The minimum Gasteiger partial charge on any atom is -0.496 e. The van der Waals surface area contributed by atoms with Crippen LogP contribution in [-0.2, 0) is 4.79 Å². The molecule has 0 aliphatic carbocycles. The van der Waals surface area contributed by atoms with Crippen molar-refractivity contribution in [3.05, 3.63) is 62.1 Å². The molecule has 1 N–H and O–H groups in total. The van der Waals surface area contributed by atoms with E-state index in [1.807, 2.05) is 0 Å². The summed E-state index contributed by atoms with van der Waals surface area (Å²) < 4.78 is 5.08. The van der Waals surface area contributed by atoms with E-state index in [4.69, 9.17) is 27.9 Å². The van der Waals surface area contributed by atoms with Gasteiger partial charge in [0.05, 0.1) is 34.2 Å². The number of halogens is 2. The van der Waals surface area contributed by atoms with Crippen LogP contribution in [0.4, 0.5) is 11.4 Å². The molecule has 0 aliphatic heterocycles. The Bertz CT molecular complexity index is 904. The fourth-order valence-corrected chi connectivity index (χ4v) is 2.54. The first-order valence-corrected chi connectivity index (χ1v) is 8.31. The molecule has 0 unspecified atom stereocenters. The van der Waals surface area contributed by atoms with Crippen molar-refractivity contribution in [1.82, 2.24) is 4.90 Å². The van der Waals surface area contributed by atoms with E-state index in [9.17, 15) is 19.7 Å². The topological polar surface area (TPSA) is 102 Å². The molecule has 27 heavy (non-hydrogen) atoms. The molecular weight excluding hydrogens is 397 g/mol. The Hall–Kier alpha value is -2.84. The van der Waals surface area contributed by atoms with Gasteiger partial charge in [-0.15, -0.1) is 0 Å². The molecule has 0 heterocycles. The molecule has 0 saturated carbocycles. The summed E-state index contributed by atoms with van der Waals surface area (Å²) in [6.07, 6.45) is 0. The van der Waals surface area contributed by atoms with Gasteiger partial charge in [-0.25, -0.2) is 0 Å². The third kappa shape index (κ3) is 5.08. The smallest absolute Gasteiger partial charge is 0.270 e. The van der Waals surface area contributed by atoms with Gasteiger partial charge in [0.15, 0.2) is 0 Å². The van der Waals surface area contributed by atoms with Crippen molar-refractivity contribution < 1.29 is 19.2 Å². The normalized spacial score (nSPS) is 10.2. The first-order chi connectivity index (χ1) is 12.7. The summed E-state index contributed by atoms with van der Waals surface area (Å²) in [5.74, 6) is -0.907. The number of nitro groups is 1. The molecule has 2 amide bonds. The van der Waals surface area contributed by atoms with Gasteiger partial charge in [0.1, 0.15) is 5.75 Å². The summed E-state index contributed by atoms with van der Waals surface area (Å²) in [6, 6.07) is 8.24. The predicted octanol–water partition coefficient (Wildman–Crippen LogP) is 3.62. The van der Waals surface area contributed by atoms with Crippen LogP contribution in [0.1, 0.15) is 10.4 Å². The highest BCUT2D eigenvalue weighted by Gasteiger charge is 2.22. The van der Waals surface area contributed by atoms with Crippen LogP contribution >= 0.6 is 23.2 Å². The van der Waals surface area contributed by atoms with Crippen LogP contribution in [0, 0.1) is 10.1 Å². The molecule has 10 heteroatoms. The summed E-state index contributed by atoms with van der Waals surface area (Å²) in [5.41, 5.74) is 0.146. The second kappa shape index (κ2) is 8.70. The number of hydrogen-bond acceptors (Lipinski definition) is 5.